The third kappa shape index (κ3) is 6.29. The van der Waals surface area contributed by atoms with Crippen molar-refractivity contribution in [3.8, 4) is 0 Å². The van der Waals surface area contributed by atoms with E-state index in [1.807, 2.05) is 32.9 Å². The molecule has 0 aromatic heterocycles. The van der Waals surface area contributed by atoms with Crippen LogP contribution in [-0.2, 0) is 16.0 Å². The zero-order chi connectivity index (χ0) is 19.3. The maximum atomic E-state index is 12.0. The van der Waals surface area contributed by atoms with Crippen molar-refractivity contribution in [2.75, 3.05) is 20.2 Å². The zero-order valence-electron chi connectivity index (χ0n) is 15.8. The molecule has 1 fully saturated rings. The number of carbonyl (C=O) groups is 2. The van der Waals surface area contributed by atoms with Gasteiger partial charge in [0.15, 0.2) is 0 Å². The van der Waals surface area contributed by atoms with E-state index in [9.17, 15) is 9.59 Å². The number of nitrogens with one attached hydrogen (secondary N) is 1. The Kier molecular flexibility index (Phi) is 7.06. The summed E-state index contributed by atoms with van der Waals surface area (Å²) in [7, 11) is 1.38. The Morgan fingerprint density at radius 2 is 2.08 bits per heavy atom. The minimum absolute atomic E-state index is 0.0346. The molecular weight excluding hydrogens is 400 g/mol. The normalized spacial score (nSPS) is 18.3. The molecule has 1 amide bonds. The van der Waals surface area contributed by atoms with Crippen molar-refractivity contribution >= 4 is 28.0 Å². The summed E-state index contributed by atoms with van der Waals surface area (Å²) < 4.78 is 11.1. The van der Waals surface area contributed by atoms with E-state index in [-0.39, 0.29) is 18.1 Å². The van der Waals surface area contributed by atoms with Gasteiger partial charge in [-0.3, -0.25) is 4.90 Å². The molecular formula is C19H27BrN2O4. The number of amides is 1. The lowest BCUT2D eigenvalue weighted by molar-refractivity contribution is 0.0470. The predicted octanol–water partition coefficient (Wildman–Crippen LogP) is 3.72. The Hall–Kier alpha value is -1.60. The first-order chi connectivity index (χ1) is 12.2. The Morgan fingerprint density at radius 1 is 1.35 bits per heavy atom. The van der Waals surface area contributed by atoms with Crippen molar-refractivity contribution in [3.63, 3.8) is 0 Å². The molecule has 7 heteroatoms. The van der Waals surface area contributed by atoms with Crippen LogP contribution in [0, 0.1) is 0 Å². The summed E-state index contributed by atoms with van der Waals surface area (Å²) in [5, 5.41) is 2.95. The molecule has 0 aliphatic carbocycles. The summed E-state index contributed by atoms with van der Waals surface area (Å²) in [6, 6.07) is 5.58. The zero-order valence-corrected chi connectivity index (χ0v) is 17.4. The van der Waals surface area contributed by atoms with Crippen LogP contribution in [0.25, 0.3) is 0 Å². The Labute approximate surface area is 163 Å². The molecule has 1 heterocycles. The molecule has 0 bridgehead atoms. The topological polar surface area (TPSA) is 67.9 Å². The van der Waals surface area contributed by atoms with Gasteiger partial charge in [0.2, 0.25) is 0 Å². The van der Waals surface area contributed by atoms with Gasteiger partial charge >= 0.3 is 12.1 Å². The smallest absolute Gasteiger partial charge is 0.407 e. The Balaban J connectivity index is 2.01. The number of nitrogens with zero attached hydrogens (tertiary/aromatic N) is 1. The number of carbonyl (C=O) groups excluding carboxylic acids is 2. The average Bonchev–Trinajstić information content (AvgIpc) is 2.52. The molecule has 1 aromatic rings. The van der Waals surface area contributed by atoms with Gasteiger partial charge < -0.3 is 14.8 Å². The number of hydrogen-bond donors (Lipinski definition) is 1. The number of benzene rings is 1. The second-order valence-electron chi connectivity index (χ2n) is 7.51. The van der Waals surface area contributed by atoms with Gasteiger partial charge in [-0.2, -0.15) is 0 Å². The largest absolute Gasteiger partial charge is 0.465 e. The molecule has 1 aliphatic heterocycles. The van der Waals surface area contributed by atoms with E-state index in [0.717, 1.165) is 29.4 Å². The van der Waals surface area contributed by atoms with Gasteiger partial charge in [0.05, 0.1) is 12.7 Å². The van der Waals surface area contributed by atoms with E-state index >= 15 is 0 Å². The van der Waals surface area contributed by atoms with Crippen molar-refractivity contribution in [1.82, 2.24) is 10.2 Å². The number of likely N-dealkylation sites (tertiary alicyclic amines) is 1. The third-order valence-corrected chi connectivity index (χ3v) is 4.59. The molecule has 1 N–H and O–H groups in total. The van der Waals surface area contributed by atoms with Crippen LogP contribution in [0.5, 0.6) is 0 Å². The lowest BCUT2D eigenvalue weighted by Gasteiger charge is -2.33. The lowest BCUT2D eigenvalue weighted by Crippen LogP contribution is -2.48. The fourth-order valence-electron chi connectivity index (χ4n) is 3.03. The summed E-state index contributed by atoms with van der Waals surface area (Å²) >= 11 is 3.46. The van der Waals surface area contributed by atoms with Gasteiger partial charge in [0.25, 0.3) is 0 Å². The van der Waals surface area contributed by atoms with Crippen molar-refractivity contribution < 1.29 is 19.1 Å². The fraction of sp³-hybridized carbons (Fsp3) is 0.579. The Bertz CT molecular complexity index is 657. The highest BCUT2D eigenvalue weighted by molar-refractivity contribution is 9.10. The highest BCUT2D eigenvalue weighted by Crippen LogP contribution is 2.21. The average molecular weight is 427 g/mol. The Morgan fingerprint density at radius 3 is 2.73 bits per heavy atom. The lowest BCUT2D eigenvalue weighted by atomic mass is 10.0. The van der Waals surface area contributed by atoms with Crippen LogP contribution < -0.4 is 5.32 Å². The molecule has 1 aromatic carbocycles. The number of hydrogen-bond acceptors (Lipinski definition) is 5. The molecule has 0 spiro atoms. The fourth-order valence-corrected chi connectivity index (χ4v) is 3.44. The SMILES string of the molecule is COC(=O)c1ccc(Br)cc1CN1CCCC(NC(=O)OC(C)(C)C)C1. The molecule has 1 aliphatic rings. The van der Waals surface area contributed by atoms with E-state index in [0.29, 0.717) is 18.7 Å². The van der Waals surface area contributed by atoms with E-state index in [1.54, 1.807) is 6.07 Å². The highest BCUT2D eigenvalue weighted by Gasteiger charge is 2.25. The van der Waals surface area contributed by atoms with Crippen LogP contribution in [0.1, 0.15) is 49.5 Å². The van der Waals surface area contributed by atoms with Crippen LogP contribution >= 0.6 is 15.9 Å². The summed E-state index contributed by atoms with van der Waals surface area (Å²) in [4.78, 5) is 26.2. The van der Waals surface area contributed by atoms with Gasteiger partial charge in [-0.15, -0.1) is 0 Å². The van der Waals surface area contributed by atoms with Crippen LogP contribution in [0.2, 0.25) is 0 Å². The second kappa shape index (κ2) is 8.86. The van der Waals surface area contributed by atoms with Crippen molar-refractivity contribution in [2.45, 2.75) is 51.8 Å². The summed E-state index contributed by atoms with van der Waals surface area (Å²) in [5.74, 6) is -0.340. The monoisotopic (exact) mass is 426 g/mol. The molecule has 144 valence electrons. The van der Waals surface area contributed by atoms with Crippen molar-refractivity contribution in [1.29, 1.82) is 0 Å². The van der Waals surface area contributed by atoms with Crippen LogP contribution in [0.4, 0.5) is 4.79 Å². The van der Waals surface area contributed by atoms with Gasteiger partial charge in [0.1, 0.15) is 5.60 Å². The number of esters is 1. The highest BCUT2D eigenvalue weighted by atomic mass is 79.9. The standard InChI is InChI=1S/C19H27BrN2O4/c1-19(2,3)26-18(24)21-15-6-5-9-22(12-15)11-13-10-14(20)7-8-16(13)17(23)25-4/h7-8,10,15H,5-6,9,11-12H2,1-4H3,(H,21,24). The maximum absolute atomic E-state index is 12.0. The van der Waals surface area contributed by atoms with E-state index < -0.39 is 5.60 Å². The van der Waals surface area contributed by atoms with Gasteiger partial charge in [-0.1, -0.05) is 15.9 Å². The van der Waals surface area contributed by atoms with Crippen LogP contribution in [0.15, 0.2) is 22.7 Å². The van der Waals surface area contributed by atoms with E-state index in [2.05, 4.69) is 26.1 Å². The van der Waals surface area contributed by atoms with Crippen LogP contribution in [0.3, 0.4) is 0 Å². The summed E-state index contributed by atoms with van der Waals surface area (Å²) in [5.41, 5.74) is 0.964. The minimum atomic E-state index is -0.510. The minimum Gasteiger partial charge on any atom is -0.465 e. The number of piperidine rings is 1. The maximum Gasteiger partial charge on any atom is 0.407 e. The molecule has 2 rings (SSSR count). The summed E-state index contributed by atoms with van der Waals surface area (Å²) in [6.07, 6.45) is 1.50. The van der Waals surface area contributed by atoms with E-state index in [4.69, 9.17) is 9.47 Å². The van der Waals surface area contributed by atoms with Crippen LogP contribution in [-0.4, -0.2) is 48.8 Å². The van der Waals surface area contributed by atoms with Gasteiger partial charge in [-0.25, -0.2) is 9.59 Å². The number of alkyl carbamates (subject to hydrolysis) is 1. The van der Waals surface area contributed by atoms with Crippen molar-refractivity contribution in [3.05, 3.63) is 33.8 Å². The van der Waals surface area contributed by atoms with Gasteiger partial charge in [0, 0.05) is 23.6 Å². The molecule has 26 heavy (non-hydrogen) atoms. The third-order valence-electron chi connectivity index (χ3n) is 4.09. The number of methoxy groups -OCH3 is 1. The first kappa shape index (κ1) is 20.7. The predicted molar refractivity (Wildman–Crippen MR) is 103 cm³/mol. The first-order valence-electron chi connectivity index (χ1n) is 8.76. The first-order valence-corrected chi connectivity index (χ1v) is 9.56. The van der Waals surface area contributed by atoms with Gasteiger partial charge in [-0.05, 0) is 63.9 Å². The molecule has 1 unspecified atom stereocenters. The molecule has 1 atom stereocenters. The number of ether oxygens (including phenoxy) is 2. The molecule has 1 saturated heterocycles. The second-order valence-corrected chi connectivity index (χ2v) is 8.43. The summed E-state index contributed by atoms with van der Waals surface area (Å²) in [6.45, 7) is 7.80. The number of rotatable bonds is 4. The van der Waals surface area contributed by atoms with E-state index in [1.165, 1.54) is 7.11 Å². The quantitative estimate of drug-likeness (QED) is 0.742. The molecule has 0 radical (unpaired) electrons. The number of halogens is 1. The molecule has 0 saturated carbocycles. The van der Waals surface area contributed by atoms with Crippen molar-refractivity contribution in [2.24, 2.45) is 0 Å². The molecule has 6 nitrogen and oxygen atoms in total.